The van der Waals surface area contributed by atoms with Crippen molar-refractivity contribution in [1.29, 1.82) is 0 Å². The van der Waals surface area contributed by atoms with E-state index < -0.39 is 11.6 Å². The van der Waals surface area contributed by atoms with Crippen LogP contribution in [0.15, 0.2) is 23.1 Å². The van der Waals surface area contributed by atoms with Gasteiger partial charge in [0.05, 0.1) is 4.91 Å². The van der Waals surface area contributed by atoms with Gasteiger partial charge >= 0.3 is 0 Å². The molecule has 2 rings (SSSR count). The average molecular weight is 328 g/mol. The molecule has 0 unspecified atom stereocenters. The van der Waals surface area contributed by atoms with Gasteiger partial charge in [0, 0.05) is 24.7 Å². The fourth-order valence-electron chi connectivity index (χ4n) is 1.75. The van der Waals surface area contributed by atoms with Crippen molar-refractivity contribution >= 4 is 40.3 Å². The Bertz CT molecular complexity index is 617. The highest BCUT2D eigenvalue weighted by molar-refractivity contribution is 8.26. The van der Waals surface area contributed by atoms with Gasteiger partial charge in [-0.1, -0.05) is 24.0 Å². The van der Waals surface area contributed by atoms with Crippen molar-refractivity contribution in [3.8, 4) is 0 Å². The molecule has 0 bridgehead atoms. The Morgan fingerprint density at radius 1 is 1.38 bits per heavy atom. The highest BCUT2D eigenvalue weighted by Gasteiger charge is 2.31. The number of carbonyl (C=O) groups is 1. The standard InChI is InChI=1S/C14H14F2N2OS2/c1-17(2)5-6-18-13(19)12(21-14(18)20)7-9-3-4-10(15)8-11(9)16/h3-4,7-8H,5-6H2,1-2H3/b12-7-. The maximum Gasteiger partial charge on any atom is 0.266 e. The summed E-state index contributed by atoms with van der Waals surface area (Å²) in [4.78, 5) is 16.0. The predicted molar refractivity (Wildman–Crippen MR) is 84.8 cm³/mol. The monoisotopic (exact) mass is 328 g/mol. The van der Waals surface area contributed by atoms with Gasteiger partial charge in [0.25, 0.3) is 5.91 Å². The number of benzene rings is 1. The van der Waals surface area contributed by atoms with Gasteiger partial charge in [0.1, 0.15) is 16.0 Å². The van der Waals surface area contributed by atoms with Crippen LogP contribution in [0.25, 0.3) is 6.08 Å². The van der Waals surface area contributed by atoms with Crippen molar-refractivity contribution in [2.45, 2.75) is 0 Å². The first-order valence-corrected chi connectivity index (χ1v) is 7.46. The third-order valence-electron chi connectivity index (χ3n) is 2.89. The number of amides is 1. The smallest absolute Gasteiger partial charge is 0.266 e. The largest absolute Gasteiger partial charge is 0.308 e. The summed E-state index contributed by atoms with van der Waals surface area (Å²) in [5.74, 6) is -1.59. The van der Waals surface area contributed by atoms with E-state index in [-0.39, 0.29) is 11.5 Å². The molecule has 1 fully saturated rings. The SMILES string of the molecule is CN(C)CCN1C(=O)/C(=C/c2ccc(F)cc2F)SC1=S. The topological polar surface area (TPSA) is 23.6 Å². The second kappa shape index (κ2) is 6.64. The van der Waals surface area contributed by atoms with Crippen molar-refractivity contribution in [3.63, 3.8) is 0 Å². The Kier molecular flexibility index (Phi) is 5.08. The predicted octanol–water partition coefficient (Wildman–Crippen LogP) is 2.73. The molecule has 0 aliphatic carbocycles. The van der Waals surface area contributed by atoms with Crippen molar-refractivity contribution in [3.05, 3.63) is 40.3 Å². The first kappa shape index (κ1) is 16.1. The van der Waals surface area contributed by atoms with E-state index >= 15 is 0 Å². The van der Waals surface area contributed by atoms with Crippen molar-refractivity contribution < 1.29 is 13.6 Å². The molecule has 1 amide bonds. The molecule has 0 spiro atoms. The van der Waals surface area contributed by atoms with Crippen LogP contribution in [0.5, 0.6) is 0 Å². The van der Waals surface area contributed by atoms with Crippen LogP contribution >= 0.6 is 24.0 Å². The lowest BCUT2D eigenvalue weighted by atomic mass is 10.2. The molecular formula is C14H14F2N2OS2. The Hall–Kier alpha value is -1.31. The fraction of sp³-hybridized carbons (Fsp3) is 0.286. The number of likely N-dealkylation sites (N-methyl/N-ethyl adjacent to an activating group) is 1. The van der Waals surface area contributed by atoms with Gasteiger partial charge in [-0.15, -0.1) is 0 Å². The second-order valence-corrected chi connectivity index (χ2v) is 6.48. The van der Waals surface area contributed by atoms with Crippen LogP contribution in [0.4, 0.5) is 8.78 Å². The molecule has 1 heterocycles. The molecule has 112 valence electrons. The summed E-state index contributed by atoms with van der Waals surface area (Å²) >= 11 is 6.30. The van der Waals surface area contributed by atoms with Gasteiger partial charge in [0.2, 0.25) is 0 Å². The lowest BCUT2D eigenvalue weighted by molar-refractivity contribution is -0.122. The van der Waals surface area contributed by atoms with E-state index in [1.165, 1.54) is 17.0 Å². The summed E-state index contributed by atoms with van der Waals surface area (Å²) in [7, 11) is 3.81. The third kappa shape index (κ3) is 3.87. The Morgan fingerprint density at radius 2 is 2.10 bits per heavy atom. The summed E-state index contributed by atoms with van der Waals surface area (Å²) < 4.78 is 26.9. The Labute approximate surface area is 131 Å². The molecule has 1 aromatic carbocycles. The summed E-state index contributed by atoms with van der Waals surface area (Å²) in [6, 6.07) is 3.25. The summed E-state index contributed by atoms with van der Waals surface area (Å²) in [6.07, 6.45) is 1.41. The van der Waals surface area contributed by atoms with Gasteiger partial charge in [-0.3, -0.25) is 9.69 Å². The van der Waals surface area contributed by atoms with E-state index in [1.807, 2.05) is 19.0 Å². The lowest BCUT2D eigenvalue weighted by Gasteiger charge is -2.17. The number of thioether (sulfide) groups is 1. The number of nitrogens with zero attached hydrogens (tertiary/aromatic N) is 2. The highest BCUT2D eigenvalue weighted by Crippen LogP contribution is 2.32. The minimum absolute atomic E-state index is 0.171. The van der Waals surface area contributed by atoms with Gasteiger partial charge < -0.3 is 4.90 Å². The fourth-order valence-corrected chi connectivity index (χ4v) is 3.05. The van der Waals surface area contributed by atoms with Crippen LogP contribution in [0.2, 0.25) is 0 Å². The normalized spacial score (nSPS) is 17.4. The molecule has 0 radical (unpaired) electrons. The quantitative estimate of drug-likeness (QED) is 0.626. The molecule has 0 saturated carbocycles. The number of carbonyl (C=O) groups excluding carboxylic acids is 1. The summed E-state index contributed by atoms with van der Waals surface area (Å²) in [5.41, 5.74) is 0.171. The maximum absolute atomic E-state index is 13.6. The number of thiocarbonyl (C=S) groups is 1. The summed E-state index contributed by atoms with van der Waals surface area (Å²) in [6.45, 7) is 1.17. The molecule has 1 saturated heterocycles. The molecule has 0 N–H and O–H groups in total. The van der Waals surface area contributed by atoms with Gasteiger partial charge in [-0.2, -0.15) is 0 Å². The molecule has 0 aromatic heterocycles. The third-order valence-corrected chi connectivity index (χ3v) is 4.27. The van der Waals surface area contributed by atoms with E-state index in [1.54, 1.807) is 0 Å². The molecule has 0 atom stereocenters. The second-order valence-electron chi connectivity index (χ2n) is 4.80. The molecular weight excluding hydrogens is 314 g/mol. The van der Waals surface area contributed by atoms with Gasteiger partial charge in [-0.25, -0.2) is 8.78 Å². The first-order chi connectivity index (χ1) is 9.88. The van der Waals surface area contributed by atoms with Crippen LogP contribution < -0.4 is 0 Å². The maximum atomic E-state index is 13.6. The number of halogens is 2. The number of rotatable bonds is 4. The van der Waals surface area contributed by atoms with E-state index in [0.717, 1.165) is 23.9 Å². The molecule has 1 aromatic rings. The Morgan fingerprint density at radius 3 is 2.71 bits per heavy atom. The van der Waals surface area contributed by atoms with Crippen LogP contribution in [0, 0.1) is 11.6 Å². The first-order valence-electron chi connectivity index (χ1n) is 6.23. The zero-order valence-electron chi connectivity index (χ0n) is 11.6. The average Bonchev–Trinajstić information content (AvgIpc) is 2.65. The van der Waals surface area contributed by atoms with Crippen LogP contribution in [-0.2, 0) is 4.79 Å². The highest BCUT2D eigenvalue weighted by atomic mass is 32.2. The molecule has 1 aliphatic heterocycles. The molecule has 7 heteroatoms. The molecule has 21 heavy (non-hydrogen) atoms. The minimum Gasteiger partial charge on any atom is -0.308 e. The lowest BCUT2D eigenvalue weighted by Crippen LogP contribution is -2.34. The summed E-state index contributed by atoms with van der Waals surface area (Å²) in [5, 5.41) is 0. The van der Waals surface area contributed by atoms with E-state index in [0.29, 0.717) is 22.3 Å². The minimum atomic E-state index is -0.700. The molecule has 3 nitrogen and oxygen atoms in total. The number of hydrogen-bond donors (Lipinski definition) is 0. The van der Waals surface area contributed by atoms with Gasteiger partial charge in [-0.05, 0) is 32.3 Å². The van der Waals surface area contributed by atoms with Crippen LogP contribution in [-0.4, -0.2) is 47.2 Å². The van der Waals surface area contributed by atoms with Crippen molar-refractivity contribution in [2.75, 3.05) is 27.2 Å². The van der Waals surface area contributed by atoms with Crippen molar-refractivity contribution in [2.24, 2.45) is 0 Å². The molecule has 1 aliphatic rings. The van der Waals surface area contributed by atoms with Gasteiger partial charge in [0.15, 0.2) is 0 Å². The van der Waals surface area contributed by atoms with E-state index in [9.17, 15) is 13.6 Å². The Balaban J connectivity index is 2.19. The van der Waals surface area contributed by atoms with Crippen LogP contribution in [0.1, 0.15) is 5.56 Å². The zero-order valence-corrected chi connectivity index (χ0v) is 13.2. The van der Waals surface area contributed by atoms with Crippen LogP contribution in [0.3, 0.4) is 0 Å². The zero-order chi connectivity index (χ0) is 15.6. The van der Waals surface area contributed by atoms with Crippen molar-refractivity contribution in [1.82, 2.24) is 9.80 Å². The van der Waals surface area contributed by atoms with E-state index in [4.69, 9.17) is 12.2 Å². The number of hydrogen-bond acceptors (Lipinski definition) is 4. The van der Waals surface area contributed by atoms with E-state index in [2.05, 4.69) is 0 Å².